The van der Waals surface area contributed by atoms with Crippen molar-refractivity contribution in [3.8, 4) is 5.75 Å². The average Bonchev–Trinajstić information content (AvgIpc) is 2.18. The smallest absolute Gasteiger partial charge is 0.406 e. The predicted molar refractivity (Wildman–Crippen MR) is 61.2 cm³/mol. The molecule has 0 saturated heterocycles. The average molecular weight is 246 g/mol. The molecular weight excluding hydrogens is 229 g/mol. The first-order chi connectivity index (χ1) is 7.83. The lowest BCUT2D eigenvalue weighted by molar-refractivity contribution is -0.274. The van der Waals surface area contributed by atoms with E-state index in [1.165, 1.54) is 12.1 Å². The minimum atomic E-state index is -4.62. The van der Waals surface area contributed by atoms with E-state index in [4.69, 9.17) is 0 Å². The Bertz CT molecular complexity index is 369. The summed E-state index contributed by atoms with van der Waals surface area (Å²) in [6.45, 7) is 5.97. The summed E-state index contributed by atoms with van der Waals surface area (Å²) in [7, 11) is 0. The quantitative estimate of drug-likeness (QED) is 0.750. The summed E-state index contributed by atoms with van der Waals surface area (Å²) in [5.74, 6) is 0.0504. The third-order valence-electron chi connectivity index (χ3n) is 2.49. The maximum Gasteiger partial charge on any atom is 0.573 e. The Kier molecular flexibility index (Phi) is 4.43. The summed E-state index contributed by atoms with van der Waals surface area (Å²) < 4.78 is 40.2. The molecule has 0 spiro atoms. The van der Waals surface area contributed by atoms with E-state index >= 15 is 0 Å². The highest BCUT2D eigenvalue weighted by atomic mass is 19.4. The topological polar surface area (TPSA) is 9.23 Å². The van der Waals surface area contributed by atoms with Crippen LogP contribution in [0.25, 0.3) is 0 Å². The van der Waals surface area contributed by atoms with Crippen LogP contribution in [0.4, 0.5) is 13.2 Å². The molecule has 96 valence electrons. The van der Waals surface area contributed by atoms with Crippen molar-refractivity contribution in [2.45, 2.75) is 45.9 Å². The third kappa shape index (κ3) is 4.29. The molecule has 0 aromatic heterocycles. The van der Waals surface area contributed by atoms with Crippen LogP contribution in [0.3, 0.4) is 0 Å². The van der Waals surface area contributed by atoms with Crippen molar-refractivity contribution >= 4 is 0 Å². The standard InChI is InChI=1S/C13H17F3O/c1-4-5-10-6-7-11(17-13(14,15)16)8-12(10)9(2)3/h6-9H,4-5H2,1-3H3. The lowest BCUT2D eigenvalue weighted by atomic mass is 9.94. The fourth-order valence-electron chi connectivity index (χ4n) is 1.80. The van der Waals surface area contributed by atoms with Gasteiger partial charge in [0.05, 0.1) is 0 Å². The molecule has 1 aromatic rings. The Morgan fingerprint density at radius 1 is 1.24 bits per heavy atom. The number of benzene rings is 1. The minimum Gasteiger partial charge on any atom is -0.406 e. The SMILES string of the molecule is CCCc1ccc(OC(F)(F)F)cc1C(C)C. The van der Waals surface area contributed by atoms with E-state index in [1.807, 2.05) is 20.8 Å². The van der Waals surface area contributed by atoms with Crippen LogP contribution in [0.15, 0.2) is 18.2 Å². The van der Waals surface area contributed by atoms with Crippen LogP contribution in [0.2, 0.25) is 0 Å². The van der Waals surface area contributed by atoms with Crippen molar-refractivity contribution in [3.63, 3.8) is 0 Å². The Balaban J connectivity index is 3.01. The van der Waals surface area contributed by atoms with Crippen molar-refractivity contribution in [1.29, 1.82) is 0 Å². The lowest BCUT2D eigenvalue weighted by Crippen LogP contribution is -2.17. The van der Waals surface area contributed by atoms with Gasteiger partial charge in [0, 0.05) is 0 Å². The summed E-state index contributed by atoms with van der Waals surface area (Å²) in [6.07, 6.45) is -2.78. The molecule has 1 nitrogen and oxygen atoms in total. The van der Waals surface area contributed by atoms with E-state index in [2.05, 4.69) is 4.74 Å². The van der Waals surface area contributed by atoms with Crippen LogP contribution in [-0.4, -0.2) is 6.36 Å². The molecule has 1 rings (SSSR count). The van der Waals surface area contributed by atoms with Gasteiger partial charge in [-0.3, -0.25) is 0 Å². The van der Waals surface area contributed by atoms with Crippen molar-refractivity contribution in [1.82, 2.24) is 0 Å². The molecule has 1 aromatic carbocycles. The van der Waals surface area contributed by atoms with E-state index in [9.17, 15) is 13.2 Å². The Morgan fingerprint density at radius 2 is 1.88 bits per heavy atom. The lowest BCUT2D eigenvalue weighted by Gasteiger charge is -2.15. The summed E-state index contributed by atoms with van der Waals surface area (Å²) in [6, 6.07) is 4.59. The van der Waals surface area contributed by atoms with Crippen LogP contribution in [0.1, 0.15) is 44.2 Å². The molecule has 0 heterocycles. The molecule has 0 radical (unpaired) electrons. The Morgan fingerprint density at radius 3 is 2.35 bits per heavy atom. The third-order valence-corrected chi connectivity index (χ3v) is 2.49. The molecule has 4 heteroatoms. The molecule has 0 aliphatic carbocycles. The first-order valence-corrected chi connectivity index (χ1v) is 5.72. The second-order valence-corrected chi connectivity index (χ2v) is 4.31. The molecular formula is C13H17F3O. The number of aryl methyl sites for hydroxylation is 1. The van der Waals surface area contributed by atoms with E-state index in [1.54, 1.807) is 6.07 Å². The van der Waals surface area contributed by atoms with Crippen molar-refractivity contribution < 1.29 is 17.9 Å². The van der Waals surface area contributed by atoms with Gasteiger partial charge in [-0.25, -0.2) is 0 Å². The van der Waals surface area contributed by atoms with E-state index in [0.717, 1.165) is 24.0 Å². The minimum absolute atomic E-state index is 0.138. The fraction of sp³-hybridized carbons (Fsp3) is 0.538. The van der Waals surface area contributed by atoms with Crippen LogP contribution in [-0.2, 0) is 6.42 Å². The van der Waals surface area contributed by atoms with Gasteiger partial charge in [-0.1, -0.05) is 33.3 Å². The first-order valence-electron chi connectivity index (χ1n) is 5.72. The van der Waals surface area contributed by atoms with Crippen LogP contribution < -0.4 is 4.74 Å². The Hall–Kier alpha value is -1.19. The van der Waals surface area contributed by atoms with Gasteiger partial charge in [0.25, 0.3) is 0 Å². The molecule has 0 saturated carbocycles. The van der Waals surface area contributed by atoms with Gasteiger partial charge >= 0.3 is 6.36 Å². The number of rotatable bonds is 4. The van der Waals surface area contributed by atoms with Gasteiger partial charge in [0.2, 0.25) is 0 Å². The second-order valence-electron chi connectivity index (χ2n) is 4.31. The highest BCUT2D eigenvalue weighted by Gasteiger charge is 2.31. The van der Waals surface area contributed by atoms with E-state index < -0.39 is 6.36 Å². The zero-order valence-corrected chi connectivity index (χ0v) is 10.3. The molecule has 0 bridgehead atoms. The van der Waals surface area contributed by atoms with Crippen LogP contribution >= 0.6 is 0 Å². The number of halogens is 3. The number of hydrogen-bond donors (Lipinski definition) is 0. The van der Waals surface area contributed by atoms with Gasteiger partial charge in [0.15, 0.2) is 0 Å². The van der Waals surface area contributed by atoms with Gasteiger partial charge < -0.3 is 4.74 Å². The highest BCUT2D eigenvalue weighted by Crippen LogP contribution is 2.29. The zero-order chi connectivity index (χ0) is 13.1. The van der Waals surface area contributed by atoms with Gasteiger partial charge in [-0.05, 0) is 35.6 Å². The van der Waals surface area contributed by atoms with Gasteiger partial charge in [-0.15, -0.1) is 13.2 Å². The summed E-state index contributed by atoms with van der Waals surface area (Å²) in [4.78, 5) is 0. The van der Waals surface area contributed by atoms with E-state index in [0.29, 0.717) is 0 Å². The molecule has 0 aliphatic rings. The monoisotopic (exact) mass is 246 g/mol. The van der Waals surface area contributed by atoms with Gasteiger partial charge in [0.1, 0.15) is 5.75 Å². The zero-order valence-electron chi connectivity index (χ0n) is 10.3. The van der Waals surface area contributed by atoms with E-state index in [-0.39, 0.29) is 11.7 Å². The molecule has 0 N–H and O–H groups in total. The second kappa shape index (κ2) is 5.43. The summed E-state index contributed by atoms with van der Waals surface area (Å²) in [5.41, 5.74) is 2.02. The van der Waals surface area contributed by atoms with Crippen molar-refractivity contribution in [2.75, 3.05) is 0 Å². The molecule has 0 fully saturated rings. The molecule has 0 atom stereocenters. The summed E-state index contributed by atoms with van der Waals surface area (Å²) in [5, 5.41) is 0. The van der Waals surface area contributed by atoms with Crippen molar-refractivity contribution in [2.24, 2.45) is 0 Å². The molecule has 0 unspecified atom stereocenters. The Labute approximate surface area is 99.6 Å². The number of hydrogen-bond acceptors (Lipinski definition) is 1. The largest absolute Gasteiger partial charge is 0.573 e. The maximum atomic E-state index is 12.1. The molecule has 0 amide bonds. The molecule has 0 aliphatic heterocycles. The van der Waals surface area contributed by atoms with Gasteiger partial charge in [-0.2, -0.15) is 0 Å². The molecule has 17 heavy (non-hydrogen) atoms. The normalized spacial score (nSPS) is 11.9. The van der Waals surface area contributed by atoms with Crippen LogP contribution in [0, 0.1) is 0 Å². The fourth-order valence-corrected chi connectivity index (χ4v) is 1.80. The first kappa shape index (κ1) is 13.9. The maximum absolute atomic E-state index is 12.1. The number of alkyl halides is 3. The van der Waals surface area contributed by atoms with Crippen LogP contribution in [0.5, 0.6) is 5.75 Å². The summed E-state index contributed by atoms with van der Waals surface area (Å²) >= 11 is 0. The predicted octanol–water partition coefficient (Wildman–Crippen LogP) is 4.66. The highest BCUT2D eigenvalue weighted by molar-refractivity contribution is 5.37. The number of ether oxygens (including phenoxy) is 1. The van der Waals surface area contributed by atoms with Crippen molar-refractivity contribution in [3.05, 3.63) is 29.3 Å².